The van der Waals surface area contributed by atoms with Crippen molar-refractivity contribution in [1.82, 2.24) is 0 Å². The zero-order chi connectivity index (χ0) is 13.1. The third-order valence-corrected chi connectivity index (χ3v) is 3.08. The summed E-state index contributed by atoms with van der Waals surface area (Å²) >= 11 is 6.00. The molecule has 0 heterocycles. The van der Waals surface area contributed by atoms with Crippen molar-refractivity contribution in [2.75, 3.05) is 17.7 Å². The van der Waals surface area contributed by atoms with Crippen LogP contribution in [-0.4, -0.2) is 7.05 Å². The van der Waals surface area contributed by atoms with Gasteiger partial charge in [0.15, 0.2) is 0 Å². The Hall–Kier alpha value is -2.18. The summed E-state index contributed by atoms with van der Waals surface area (Å²) in [4.78, 5) is 1.90. The molecule has 2 N–H and O–H groups in total. The number of benzene rings is 2. The van der Waals surface area contributed by atoms with E-state index in [9.17, 15) is 0 Å². The van der Waals surface area contributed by atoms with Gasteiger partial charge in [-0.05, 0) is 30.3 Å². The Bertz CT molecular complexity index is 617. The molecule has 0 bridgehead atoms. The van der Waals surface area contributed by atoms with Gasteiger partial charge in [-0.2, -0.15) is 5.26 Å². The second-order valence-corrected chi connectivity index (χ2v) is 4.30. The third kappa shape index (κ3) is 2.24. The van der Waals surface area contributed by atoms with Gasteiger partial charge in [0.2, 0.25) is 0 Å². The molecule has 0 unspecified atom stereocenters. The first-order chi connectivity index (χ1) is 8.63. The normalized spacial score (nSPS) is 9.83. The van der Waals surface area contributed by atoms with Gasteiger partial charge in [0, 0.05) is 12.7 Å². The lowest BCUT2D eigenvalue weighted by molar-refractivity contribution is 1.21. The maximum Gasteiger partial charge on any atom is 0.0992 e. The van der Waals surface area contributed by atoms with E-state index in [0.29, 0.717) is 16.3 Å². The Morgan fingerprint density at radius 3 is 2.67 bits per heavy atom. The minimum absolute atomic E-state index is 0.524. The number of hydrogen-bond acceptors (Lipinski definition) is 3. The molecule has 0 aliphatic rings. The number of nitrogen functional groups attached to an aromatic ring is 1. The molecule has 0 saturated carbocycles. The monoisotopic (exact) mass is 257 g/mol. The molecular weight excluding hydrogens is 246 g/mol. The Morgan fingerprint density at radius 2 is 1.94 bits per heavy atom. The predicted molar refractivity (Wildman–Crippen MR) is 75.1 cm³/mol. The van der Waals surface area contributed by atoms with Crippen LogP contribution in [-0.2, 0) is 0 Å². The number of rotatable bonds is 2. The lowest BCUT2D eigenvalue weighted by atomic mass is 10.2. The molecular formula is C14H12ClN3. The quantitative estimate of drug-likeness (QED) is 0.837. The fourth-order valence-corrected chi connectivity index (χ4v) is 1.91. The molecule has 0 saturated heterocycles. The van der Waals surface area contributed by atoms with Crippen LogP contribution in [0.3, 0.4) is 0 Å². The zero-order valence-electron chi connectivity index (χ0n) is 9.89. The van der Waals surface area contributed by atoms with Crippen LogP contribution in [0.1, 0.15) is 5.56 Å². The first kappa shape index (κ1) is 12.3. The molecule has 18 heavy (non-hydrogen) atoms. The summed E-state index contributed by atoms with van der Waals surface area (Å²) in [7, 11) is 1.89. The van der Waals surface area contributed by atoms with Crippen molar-refractivity contribution < 1.29 is 0 Å². The largest absolute Gasteiger partial charge is 0.396 e. The summed E-state index contributed by atoms with van der Waals surface area (Å²) in [5.41, 5.74) is 8.80. The summed E-state index contributed by atoms with van der Waals surface area (Å²) in [6.07, 6.45) is 0. The number of hydrogen-bond donors (Lipinski definition) is 1. The summed E-state index contributed by atoms with van der Waals surface area (Å²) < 4.78 is 0. The number of anilines is 3. The molecule has 0 fully saturated rings. The Labute approximate surface area is 111 Å². The van der Waals surface area contributed by atoms with Gasteiger partial charge in [-0.25, -0.2) is 0 Å². The molecule has 2 aromatic rings. The highest BCUT2D eigenvalue weighted by Crippen LogP contribution is 2.33. The van der Waals surface area contributed by atoms with E-state index < -0.39 is 0 Å². The van der Waals surface area contributed by atoms with E-state index >= 15 is 0 Å². The van der Waals surface area contributed by atoms with Crippen LogP contribution in [0, 0.1) is 11.3 Å². The van der Waals surface area contributed by atoms with Crippen LogP contribution in [0.15, 0.2) is 42.5 Å². The third-order valence-electron chi connectivity index (χ3n) is 2.75. The number of para-hydroxylation sites is 1. The number of halogens is 1. The molecule has 0 amide bonds. The lowest BCUT2D eigenvalue weighted by Crippen LogP contribution is -2.11. The molecule has 0 aromatic heterocycles. The predicted octanol–water partition coefficient (Wildman–Crippen LogP) is 3.56. The fourth-order valence-electron chi connectivity index (χ4n) is 1.74. The fraction of sp³-hybridized carbons (Fsp3) is 0.0714. The van der Waals surface area contributed by atoms with Gasteiger partial charge in [-0.15, -0.1) is 0 Å². The number of nitriles is 1. The summed E-state index contributed by atoms with van der Waals surface area (Å²) in [5, 5.41) is 9.42. The maximum absolute atomic E-state index is 8.90. The van der Waals surface area contributed by atoms with Crippen LogP contribution >= 0.6 is 11.6 Å². The molecule has 0 spiro atoms. The van der Waals surface area contributed by atoms with Gasteiger partial charge in [0.1, 0.15) is 0 Å². The molecule has 0 radical (unpaired) electrons. The van der Waals surface area contributed by atoms with Crippen molar-refractivity contribution >= 4 is 28.7 Å². The van der Waals surface area contributed by atoms with Crippen molar-refractivity contribution in [1.29, 1.82) is 5.26 Å². The number of nitrogens with two attached hydrogens (primary N) is 1. The van der Waals surface area contributed by atoms with Crippen LogP contribution < -0.4 is 10.6 Å². The molecule has 3 nitrogen and oxygen atoms in total. The molecule has 90 valence electrons. The second kappa shape index (κ2) is 4.99. The van der Waals surface area contributed by atoms with Crippen LogP contribution in [0.25, 0.3) is 0 Å². The van der Waals surface area contributed by atoms with Crippen LogP contribution in [0.5, 0.6) is 0 Å². The van der Waals surface area contributed by atoms with E-state index in [4.69, 9.17) is 22.6 Å². The first-order valence-electron chi connectivity index (χ1n) is 5.41. The van der Waals surface area contributed by atoms with Gasteiger partial charge < -0.3 is 10.6 Å². The highest BCUT2D eigenvalue weighted by Gasteiger charge is 2.09. The van der Waals surface area contributed by atoms with E-state index in [1.54, 1.807) is 18.2 Å². The van der Waals surface area contributed by atoms with E-state index in [0.717, 1.165) is 11.4 Å². The van der Waals surface area contributed by atoms with Crippen molar-refractivity contribution in [2.24, 2.45) is 0 Å². The summed E-state index contributed by atoms with van der Waals surface area (Å²) in [6.45, 7) is 0. The SMILES string of the molecule is CN(c1cccc(C#N)c1)c1cccc(Cl)c1N. The van der Waals surface area contributed by atoms with E-state index in [-0.39, 0.29) is 0 Å². The minimum Gasteiger partial charge on any atom is -0.396 e. The molecule has 0 atom stereocenters. The minimum atomic E-state index is 0.524. The first-order valence-corrected chi connectivity index (χ1v) is 5.79. The highest BCUT2D eigenvalue weighted by molar-refractivity contribution is 6.33. The van der Waals surface area contributed by atoms with Crippen molar-refractivity contribution in [2.45, 2.75) is 0 Å². The standard InChI is InChI=1S/C14H12ClN3/c1-18(11-5-2-4-10(8-11)9-16)13-7-3-6-12(15)14(13)17/h2-8H,17H2,1H3. The smallest absolute Gasteiger partial charge is 0.0992 e. The van der Waals surface area contributed by atoms with Crippen LogP contribution in [0.4, 0.5) is 17.1 Å². The zero-order valence-corrected chi connectivity index (χ0v) is 10.6. The van der Waals surface area contributed by atoms with Gasteiger partial charge in [0.05, 0.1) is 28.0 Å². The topological polar surface area (TPSA) is 53.0 Å². The Kier molecular flexibility index (Phi) is 3.40. The Balaban J connectivity index is 2.45. The molecule has 2 rings (SSSR count). The molecule has 4 heteroatoms. The van der Waals surface area contributed by atoms with Gasteiger partial charge in [0.25, 0.3) is 0 Å². The van der Waals surface area contributed by atoms with Crippen molar-refractivity contribution in [3.8, 4) is 6.07 Å². The molecule has 2 aromatic carbocycles. The van der Waals surface area contributed by atoms with E-state index in [1.807, 2.05) is 36.2 Å². The second-order valence-electron chi connectivity index (χ2n) is 3.89. The van der Waals surface area contributed by atoms with E-state index in [2.05, 4.69) is 6.07 Å². The van der Waals surface area contributed by atoms with Crippen molar-refractivity contribution in [3.05, 3.63) is 53.1 Å². The molecule has 0 aliphatic heterocycles. The Morgan fingerprint density at radius 1 is 1.22 bits per heavy atom. The average molecular weight is 258 g/mol. The highest BCUT2D eigenvalue weighted by atomic mass is 35.5. The van der Waals surface area contributed by atoms with Gasteiger partial charge >= 0.3 is 0 Å². The van der Waals surface area contributed by atoms with Gasteiger partial charge in [-0.1, -0.05) is 23.7 Å². The summed E-state index contributed by atoms with van der Waals surface area (Å²) in [6, 6.07) is 14.9. The van der Waals surface area contributed by atoms with Crippen LogP contribution in [0.2, 0.25) is 5.02 Å². The molecule has 0 aliphatic carbocycles. The average Bonchev–Trinajstić information content (AvgIpc) is 2.41. The van der Waals surface area contributed by atoms with Gasteiger partial charge in [-0.3, -0.25) is 0 Å². The number of nitrogens with zero attached hydrogens (tertiary/aromatic N) is 2. The van der Waals surface area contributed by atoms with E-state index in [1.165, 1.54) is 0 Å². The summed E-state index contributed by atoms with van der Waals surface area (Å²) in [5.74, 6) is 0. The van der Waals surface area contributed by atoms with Crippen molar-refractivity contribution in [3.63, 3.8) is 0 Å². The maximum atomic E-state index is 8.90. The lowest BCUT2D eigenvalue weighted by Gasteiger charge is -2.21.